The van der Waals surface area contributed by atoms with Crippen molar-refractivity contribution in [1.82, 2.24) is 19.7 Å². The van der Waals surface area contributed by atoms with E-state index >= 15 is 0 Å². The first-order valence-corrected chi connectivity index (χ1v) is 6.84. The summed E-state index contributed by atoms with van der Waals surface area (Å²) in [6.45, 7) is -0.0997. The van der Waals surface area contributed by atoms with Crippen molar-refractivity contribution >= 4 is 11.6 Å². The summed E-state index contributed by atoms with van der Waals surface area (Å²) in [5, 5.41) is 14.5. The lowest BCUT2D eigenvalue weighted by molar-refractivity contribution is 0.280. The highest BCUT2D eigenvalue weighted by Gasteiger charge is 2.26. The molecule has 19 heavy (non-hydrogen) atoms. The number of aliphatic hydroxyl groups excluding tert-OH is 1. The number of hydrogen-bond acceptors (Lipinski definition) is 4. The van der Waals surface area contributed by atoms with E-state index in [2.05, 4.69) is 15.1 Å². The van der Waals surface area contributed by atoms with Crippen molar-refractivity contribution in [1.29, 1.82) is 0 Å². The summed E-state index contributed by atoms with van der Waals surface area (Å²) in [6.07, 6.45) is 7.93. The molecule has 0 bridgehead atoms. The van der Waals surface area contributed by atoms with Crippen molar-refractivity contribution in [3.05, 3.63) is 34.9 Å². The number of nitrogens with zero attached hydrogens (tertiary/aromatic N) is 4. The maximum Gasteiger partial charge on any atom is 0.251 e. The number of aliphatic hydroxyl groups is 1. The minimum absolute atomic E-state index is 0.0997. The van der Waals surface area contributed by atoms with E-state index in [-0.39, 0.29) is 6.61 Å². The van der Waals surface area contributed by atoms with Crippen LogP contribution in [0.15, 0.2) is 18.5 Å². The van der Waals surface area contributed by atoms with Gasteiger partial charge in [0.2, 0.25) is 0 Å². The number of aromatic nitrogens is 4. The third kappa shape index (κ3) is 2.24. The highest BCUT2D eigenvalue weighted by atomic mass is 35.5. The van der Waals surface area contributed by atoms with E-state index in [1.54, 1.807) is 18.5 Å². The van der Waals surface area contributed by atoms with Gasteiger partial charge in [0.15, 0.2) is 0 Å². The maximum atomic E-state index is 9.54. The summed E-state index contributed by atoms with van der Waals surface area (Å²) < 4.78 is 1.51. The van der Waals surface area contributed by atoms with Crippen LogP contribution in [0.25, 0.3) is 5.95 Å². The molecule has 0 aromatic carbocycles. The van der Waals surface area contributed by atoms with E-state index in [1.165, 1.54) is 17.5 Å². The minimum Gasteiger partial charge on any atom is -0.391 e. The maximum absolute atomic E-state index is 9.54. The molecule has 1 saturated carbocycles. The Labute approximate surface area is 116 Å². The third-order valence-electron chi connectivity index (χ3n) is 3.59. The van der Waals surface area contributed by atoms with Crippen LogP contribution in [0, 0.1) is 0 Å². The first-order valence-electron chi connectivity index (χ1n) is 6.47. The lowest BCUT2D eigenvalue weighted by Gasteiger charge is -2.06. The Bertz CT molecular complexity index is 564. The van der Waals surface area contributed by atoms with Gasteiger partial charge in [0.05, 0.1) is 12.3 Å². The van der Waals surface area contributed by atoms with Crippen LogP contribution < -0.4 is 0 Å². The average Bonchev–Trinajstić information content (AvgIpc) is 3.07. The standard InChI is InChI=1S/C13H15ClN4O/c14-12-10(8-19)11(9-4-1-2-5-9)17-18(12)13-15-6-3-7-16-13/h3,6-7,9,19H,1-2,4-5,8H2. The Morgan fingerprint density at radius 3 is 2.58 bits per heavy atom. The molecule has 0 amide bonds. The van der Waals surface area contributed by atoms with Crippen molar-refractivity contribution in [3.63, 3.8) is 0 Å². The van der Waals surface area contributed by atoms with Crippen LogP contribution in [0.2, 0.25) is 5.15 Å². The molecule has 1 aliphatic rings. The van der Waals surface area contributed by atoms with Crippen molar-refractivity contribution in [3.8, 4) is 5.95 Å². The van der Waals surface area contributed by atoms with E-state index in [0.29, 0.717) is 22.6 Å². The average molecular weight is 279 g/mol. The van der Waals surface area contributed by atoms with Crippen LogP contribution in [-0.2, 0) is 6.61 Å². The summed E-state index contributed by atoms with van der Waals surface area (Å²) in [5.74, 6) is 0.830. The Morgan fingerprint density at radius 2 is 1.95 bits per heavy atom. The first kappa shape index (κ1) is 12.6. The van der Waals surface area contributed by atoms with Crippen LogP contribution in [0.4, 0.5) is 0 Å². The second kappa shape index (κ2) is 5.27. The van der Waals surface area contributed by atoms with Crippen LogP contribution in [-0.4, -0.2) is 24.9 Å². The Morgan fingerprint density at radius 1 is 1.26 bits per heavy atom. The zero-order valence-electron chi connectivity index (χ0n) is 10.5. The number of rotatable bonds is 3. The van der Waals surface area contributed by atoms with Gasteiger partial charge in [0.25, 0.3) is 5.95 Å². The highest BCUT2D eigenvalue weighted by molar-refractivity contribution is 6.30. The zero-order chi connectivity index (χ0) is 13.2. The molecule has 2 heterocycles. The minimum atomic E-state index is -0.0997. The molecule has 0 spiro atoms. The highest BCUT2D eigenvalue weighted by Crippen LogP contribution is 2.37. The lowest BCUT2D eigenvalue weighted by atomic mass is 10.0. The molecule has 6 heteroatoms. The van der Waals surface area contributed by atoms with Gasteiger partial charge in [-0.05, 0) is 18.9 Å². The monoisotopic (exact) mass is 278 g/mol. The predicted octanol–water partition coefficient (Wildman–Crippen LogP) is 2.47. The fourth-order valence-electron chi connectivity index (χ4n) is 2.65. The number of hydrogen-bond donors (Lipinski definition) is 1. The summed E-state index contributed by atoms with van der Waals surface area (Å²) in [7, 11) is 0. The summed E-state index contributed by atoms with van der Waals surface area (Å²) in [6, 6.07) is 1.74. The molecule has 0 atom stereocenters. The van der Waals surface area contributed by atoms with Gasteiger partial charge in [-0.1, -0.05) is 24.4 Å². The molecule has 3 rings (SSSR count). The molecule has 100 valence electrons. The van der Waals surface area contributed by atoms with Gasteiger partial charge in [0.1, 0.15) is 5.15 Å². The van der Waals surface area contributed by atoms with Crippen molar-refractivity contribution in [2.24, 2.45) is 0 Å². The van der Waals surface area contributed by atoms with Crippen LogP contribution in [0.1, 0.15) is 42.9 Å². The summed E-state index contributed by atoms with van der Waals surface area (Å²) in [5.41, 5.74) is 1.61. The Balaban J connectivity index is 2.07. The lowest BCUT2D eigenvalue weighted by Crippen LogP contribution is -2.03. The van der Waals surface area contributed by atoms with Crippen molar-refractivity contribution in [2.45, 2.75) is 38.2 Å². The predicted molar refractivity (Wildman–Crippen MR) is 71.3 cm³/mol. The molecule has 5 nitrogen and oxygen atoms in total. The fourth-order valence-corrected chi connectivity index (χ4v) is 2.92. The Hall–Kier alpha value is -1.46. The molecular weight excluding hydrogens is 264 g/mol. The fraction of sp³-hybridized carbons (Fsp3) is 0.462. The van der Waals surface area contributed by atoms with Gasteiger partial charge in [-0.3, -0.25) is 0 Å². The molecule has 1 fully saturated rings. The molecule has 1 N–H and O–H groups in total. The van der Waals surface area contributed by atoms with Gasteiger partial charge < -0.3 is 5.11 Å². The smallest absolute Gasteiger partial charge is 0.251 e. The van der Waals surface area contributed by atoms with E-state index in [9.17, 15) is 5.11 Å². The molecule has 0 unspecified atom stereocenters. The van der Waals surface area contributed by atoms with Crippen LogP contribution >= 0.6 is 11.6 Å². The van der Waals surface area contributed by atoms with Gasteiger partial charge >= 0.3 is 0 Å². The van der Waals surface area contributed by atoms with E-state index in [4.69, 9.17) is 11.6 Å². The molecular formula is C13H15ClN4O. The molecule has 0 aliphatic heterocycles. The van der Waals surface area contributed by atoms with Gasteiger partial charge in [0, 0.05) is 23.9 Å². The third-order valence-corrected chi connectivity index (χ3v) is 3.98. The molecule has 0 radical (unpaired) electrons. The van der Waals surface area contributed by atoms with E-state index in [0.717, 1.165) is 18.5 Å². The molecule has 2 aromatic heterocycles. The number of halogens is 1. The van der Waals surface area contributed by atoms with Gasteiger partial charge in [-0.25, -0.2) is 9.97 Å². The van der Waals surface area contributed by atoms with Crippen molar-refractivity contribution in [2.75, 3.05) is 0 Å². The SMILES string of the molecule is OCc1c(C2CCCC2)nn(-c2ncccn2)c1Cl. The first-order chi connectivity index (χ1) is 9.31. The Kier molecular flexibility index (Phi) is 3.48. The molecule has 0 saturated heterocycles. The molecule has 2 aromatic rings. The van der Waals surface area contributed by atoms with E-state index in [1.807, 2.05) is 0 Å². The van der Waals surface area contributed by atoms with Gasteiger partial charge in [-0.2, -0.15) is 9.78 Å². The largest absolute Gasteiger partial charge is 0.391 e. The molecule has 1 aliphatic carbocycles. The summed E-state index contributed by atoms with van der Waals surface area (Å²) >= 11 is 6.30. The summed E-state index contributed by atoms with van der Waals surface area (Å²) in [4.78, 5) is 8.30. The quantitative estimate of drug-likeness (QED) is 0.937. The topological polar surface area (TPSA) is 63.8 Å². The zero-order valence-corrected chi connectivity index (χ0v) is 11.2. The second-order valence-corrected chi connectivity index (χ2v) is 5.11. The van der Waals surface area contributed by atoms with Crippen LogP contribution in [0.3, 0.4) is 0 Å². The van der Waals surface area contributed by atoms with Crippen molar-refractivity contribution < 1.29 is 5.11 Å². The van der Waals surface area contributed by atoms with Crippen LogP contribution in [0.5, 0.6) is 0 Å². The second-order valence-electron chi connectivity index (χ2n) is 4.75. The van der Waals surface area contributed by atoms with Gasteiger partial charge in [-0.15, -0.1) is 0 Å². The normalized spacial score (nSPS) is 16.1. The van der Waals surface area contributed by atoms with E-state index < -0.39 is 0 Å².